The molecule has 0 atom stereocenters. The number of nitrogens with one attached hydrogen (secondary N) is 3. The molecular weight excluding hydrogens is 814 g/mol. The number of carbonyl (C=O) groups is 5. The Morgan fingerprint density at radius 2 is 1.08 bits per heavy atom. The molecule has 16 nitrogen and oxygen atoms in total. The van der Waals surface area contributed by atoms with Gasteiger partial charge in [0.15, 0.2) is 0 Å². The van der Waals surface area contributed by atoms with Gasteiger partial charge in [0.05, 0.1) is 0 Å². The van der Waals surface area contributed by atoms with Crippen LogP contribution in [0.15, 0.2) is 58.5 Å². The maximum atomic E-state index is 15.6. The van der Waals surface area contributed by atoms with Gasteiger partial charge in [0.25, 0.3) is 5.91 Å². The first kappa shape index (κ1) is 49.4. The molecule has 0 spiro atoms. The molecule has 2 aliphatic rings. The second-order valence-electron chi connectivity index (χ2n) is 19.1. The number of halogens is 1. The van der Waals surface area contributed by atoms with Crippen molar-refractivity contribution in [2.75, 3.05) is 31.5 Å². The average Bonchev–Trinajstić information content (AvgIpc) is 3.11. The molecule has 342 valence electrons. The lowest BCUT2D eigenvalue weighted by Gasteiger charge is -2.30. The lowest BCUT2D eigenvalue weighted by molar-refractivity contribution is 0.0536. The molecule has 0 bridgehead atoms. The first-order valence-electron chi connectivity index (χ1n) is 20.8. The number of hydrogen-bond acceptors (Lipinski definition) is 9. The van der Waals surface area contributed by atoms with Crippen LogP contribution in [0.1, 0.15) is 123 Å². The van der Waals surface area contributed by atoms with Gasteiger partial charge >= 0.3 is 24.4 Å². The van der Waals surface area contributed by atoms with Gasteiger partial charge in [-0.15, -0.1) is 9.98 Å². The Labute approximate surface area is 369 Å². The van der Waals surface area contributed by atoms with Crippen molar-refractivity contribution in [2.45, 2.75) is 125 Å². The molecule has 0 aromatic heterocycles. The number of amides is 5. The van der Waals surface area contributed by atoms with Gasteiger partial charge in [-0.25, -0.2) is 23.6 Å². The Hall–Kier alpha value is -6.26. The second-order valence-corrected chi connectivity index (χ2v) is 19.1. The lowest BCUT2D eigenvalue weighted by atomic mass is 9.95. The van der Waals surface area contributed by atoms with E-state index in [1.165, 1.54) is 6.07 Å². The molecule has 0 saturated heterocycles. The molecule has 2 aromatic carbocycles. The third-order valence-electron chi connectivity index (χ3n) is 8.84. The van der Waals surface area contributed by atoms with Crippen molar-refractivity contribution in [3.05, 3.63) is 76.6 Å². The van der Waals surface area contributed by atoms with E-state index in [2.05, 4.69) is 25.9 Å². The SMILES string of the molecule is Cc1cc(C2=CCN(/C(=N/C(=O)OC(C)(C)C)NC(=O)OC(C)(C)C)CC2)ccc1C(=O)Nc1ccc(C2=CCN(/C(=N/C(=O)OC(C)(C)C)NC(=O)OC(C)(C)C)CC2)c(F)c1. The number of nitrogens with zero attached hydrogens (tertiary/aromatic N) is 4. The number of guanidine groups is 2. The highest BCUT2D eigenvalue weighted by atomic mass is 19.1. The van der Waals surface area contributed by atoms with Crippen LogP contribution in [0.4, 0.5) is 29.3 Å². The second kappa shape index (κ2) is 19.8. The number of hydrogen-bond donors (Lipinski definition) is 3. The number of anilines is 1. The van der Waals surface area contributed by atoms with Gasteiger partial charge < -0.3 is 34.1 Å². The third kappa shape index (κ3) is 16.2. The van der Waals surface area contributed by atoms with E-state index < -0.39 is 58.5 Å². The highest BCUT2D eigenvalue weighted by Crippen LogP contribution is 2.29. The summed E-state index contributed by atoms with van der Waals surface area (Å²) in [7, 11) is 0. The minimum absolute atomic E-state index is 0.00831. The molecule has 17 heteroatoms. The summed E-state index contributed by atoms with van der Waals surface area (Å²) in [6, 6.07) is 9.95. The maximum Gasteiger partial charge on any atom is 0.437 e. The molecule has 2 aliphatic heterocycles. The molecule has 2 aromatic rings. The number of alkyl carbamates (subject to hydrolysis) is 2. The fourth-order valence-electron chi connectivity index (χ4n) is 6.29. The van der Waals surface area contributed by atoms with E-state index in [0.29, 0.717) is 54.7 Å². The number of aryl methyl sites for hydroxylation is 1. The van der Waals surface area contributed by atoms with E-state index >= 15 is 4.39 Å². The van der Waals surface area contributed by atoms with Crippen LogP contribution in [-0.4, -0.2) is 101 Å². The number of carbonyl (C=O) groups excluding carboxylic acids is 5. The molecule has 3 N–H and O–H groups in total. The summed E-state index contributed by atoms with van der Waals surface area (Å²) < 4.78 is 37.1. The predicted molar refractivity (Wildman–Crippen MR) is 240 cm³/mol. The standard InChI is InChI=1S/C46H62FN7O9/c1-28-26-31(29-18-22-53(23-19-29)37(49-39(56)60-43(2,3)4)50-40(57)61-44(5,6)7)14-16-33(28)36(55)48-32-15-17-34(35(47)27-32)30-20-24-54(25-21-30)38(51-41(58)62-45(8,9)10)52-42(59)63-46(11,12)13/h14-18,20,26-27H,19,21-25H2,1-13H3,(H,48,55)(H,49,50,56,57)(H,51,52,58,59). The quantitative estimate of drug-likeness (QED) is 0.151. The Morgan fingerprint density at radius 1 is 0.619 bits per heavy atom. The number of benzene rings is 2. The van der Waals surface area contributed by atoms with Gasteiger partial charge in [-0.3, -0.25) is 15.4 Å². The van der Waals surface area contributed by atoms with Gasteiger partial charge in [0.2, 0.25) is 11.9 Å². The first-order valence-corrected chi connectivity index (χ1v) is 20.8. The van der Waals surface area contributed by atoms with Crippen LogP contribution in [0.5, 0.6) is 0 Å². The van der Waals surface area contributed by atoms with Gasteiger partial charge in [0, 0.05) is 43.0 Å². The fourth-order valence-corrected chi connectivity index (χ4v) is 6.29. The predicted octanol–water partition coefficient (Wildman–Crippen LogP) is 9.20. The summed E-state index contributed by atoms with van der Waals surface area (Å²) in [5.74, 6) is -0.988. The molecule has 2 heterocycles. The molecule has 4 rings (SSSR count). The average molecular weight is 876 g/mol. The minimum Gasteiger partial charge on any atom is -0.444 e. The highest BCUT2D eigenvalue weighted by Gasteiger charge is 2.27. The van der Waals surface area contributed by atoms with Crippen LogP contribution in [0.2, 0.25) is 0 Å². The van der Waals surface area contributed by atoms with Crippen molar-refractivity contribution in [2.24, 2.45) is 9.98 Å². The smallest absolute Gasteiger partial charge is 0.437 e. The van der Waals surface area contributed by atoms with Gasteiger partial charge in [-0.05, 0) is 149 Å². The van der Waals surface area contributed by atoms with Gasteiger partial charge in [-0.1, -0.05) is 24.3 Å². The van der Waals surface area contributed by atoms with E-state index in [-0.39, 0.29) is 24.2 Å². The summed E-state index contributed by atoms with van der Waals surface area (Å²) in [5, 5.41) is 7.94. The topological polar surface area (TPSA) is 190 Å². The summed E-state index contributed by atoms with van der Waals surface area (Å²) in [6.45, 7) is 23.6. The van der Waals surface area contributed by atoms with Crippen molar-refractivity contribution in [3.63, 3.8) is 0 Å². The summed E-state index contributed by atoms with van der Waals surface area (Å²) in [4.78, 5) is 75.3. The van der Waals surface area contributed by atoms with Crippen LogP contribution < -0.4 is 16.0 Å². The zero-order valence-electron chi connectivity index (χ0n) is 38.7. The van der Waals surface area contributed by atoms with Crippen LogP contribution in [0.3, 0.4) is 0 Å². The van der Waals surface area contributed by atoms with Crippen molar-refractivity contribution in [1.29, 1.82) is 0 Å². The normalized spacial score (nSPS) is 15.4. The number of ether oxygens (including phenoxy) is 4. The van der Waals surface area contributed by atoms with E-state index in [4.69, 9.17) is 18.9 Å². The maximum absolute atomic E-state index is 15.6. The Balaban J connectivity index is 1.43. The zero-order valence-corrected chi connectivity index (χ0v) is 38.7. The fraction of sp³-hybridized carbons (Fsp3) is 0.500. The van der Waals surface area contributed by atoms with Crippen molar-refractivity contribution >= 4 is 59.0 Å². The van der Waals surface area contributed by atoms with Crippen LogP contribution in [0.25, 0.3) is 11.1 Å². The zero-order chi connectivity index (χ0) is 47.1. The van der Waals surface area contributed by atoms with E-state index in [1.54, 1.807) is 117 Å². The van der Waals surface area contributed by atoms with Gasteiger partial charge in [-0.2, -0.15) is 0 Å². The van der Waals surface area contributed by atoms with E-state index in [0.717, 1.165) is 11.1 Å². The van der Waals surface area contributed by atoms with E-state index in [1.807, 2.05) is 25.1 Å². The largest absolute Gasteiger partial charge is 0.444 e. The summed E-state index contributed by atoms with van der Waals surface area (Å²) >= 11 is 0. The monoisotopic (exact) mass is 875 g/mol. The van der Waals surface area contributed by atoms with Crippen molar-refractivity contribution in [3.8, 4) is 0 Å². The van der Waals surface area contributed by atoms with Crippen molar-refractivity contribution in [1.82, 2.24) is 20.4 Å². The molecule has 0 radical (unpaired) electrons. The van der Waals surface area contributed by atoms with Crippen LogP contribution in [-0.2, 0) is 18.9 Å². The Kier molecular flexibility index (Phi) is 15.6. The lowest BCUT2D eigenvalue weighted by Crippen LogP contribution is -2.48. The minimum atomic E-state index is -0.886. The van der Waals surface area contributed by atoms with E-state index in [9.17, 15) is 24.0 Å². The van der Waals surface area contributed by atoms with Crippen LogP contribution >= 0.6 is 0 Å². The first-order chi connectivity index (χ1) is 29.0. The third-order valence-corrected chi connectivity index (χ3v) is 8.84. The highest BCUT2D eigenvalue weighted by molar-refractivity contribution is 6.05. The Bertz CT molecular complexity index is 2200. The van der Waals surface area contributed by atoms with Crippen molar-refractivity contribution < 1.29 is 47.3 Å². The summed E-state index contributed by atoms with van der Waals surface area (Å²) in [6.07, 6.45) is 1.35. The number of aliphatic imine (C=N–C) groups is 2. The molecule has 0 fully saturated rings. The Morgan fingerprint density at radius 3 is 1.48 bits per heavy atom. The molecule has 0 aliphatic carbocycles. The van der Waals surface area contributed by atoms with Crippen LogP contribution in [0, 0.1) is 12.7 Å². The molecule has 0 saturated carbocycles. The summed E-state index contributed by atoms with van der Waals surface area (Å²) in [5.41, 5.74) is 1.19. The molecule has 5 amide bonds. The molecular formula is C46H62FN7O9. The van der Waals surface area contributed by atoms with Gasteiger partial charge in [0.1, 0.15) is 28.2 Å². The number of rotatable bonds is 4. The molecule has 0 unspecified atom stereocenters. The molecule has 63 heavy (non-hydrogen) atoms.